The second-order valence-electron chi connectivity index (χ2n) is 13.2. The molecule has 0 aliphatic heterocycles. The van der Waals surface area contributed by atoms with Crippen LogP contribution in [0, 0.1) is 6.92 Å². The first-order chi connectivity index (χ1) is 22.2. The molecule has 0 saturated carbocycles. The van der Waals surface area contributed by atoms with E-state index in [0.717, 1.165) is 0 Å². The van der Waals surface area contributed by atoms with Crippen LogP contribution in [0.5, 0.6) is 0 Å². The van der Waals surface area contributed by atoms with Crippen molar-refractivity contribution in [2.45, 2.75) is 162 Å². The fourth-order valence-electron chi connectivity index (χ4n) is 6.52. The minimum atomic E-state index is 1.23. The lowest BCUT2D eigenvalue weighted by atomic mass is 10.0. The number of unbranched alkanes of at least 4 members (excludes halogenated alkanes) is 18. The van der Waals surface area contributed by atoms with Gasteiger partial charge in [0.1, 0.15) is 0 Å². The van der Waals surface area contributed by atoms with Crippen molar-refractivity contribution in [3.63, 3.8) is 0 Å². The van der Waals surface area contributed by atoms with Gasteiger partial charge in [-0.15, -0.1) is 45.3 Å². The number of rotatable bonds is 25. The molecule has 0 unspecified atom stereocenters. The summed E-state index contributed by atoms with van der Waals surface area (Å²) >= 11 is 7.88. The van der Waals surface area contributed by atoms with E-state index < -0.39 is 0 Å². The minimum absolute atomic E-state index is 1.23. The Labute approximate surface area is 292 Å². The van der Waals surface area contributed by atoms with Crippen LogP contribution in [0.3, 0.4) is 0 Å². The quantitative estimate of drug-likeness (QED) is 0.0611. The average molecular weight is 681 g/mol. The SMILES string of the molecule is CCCCCCCCCCCCc1ccsc1-c1ccc(-c2sc(-c3sccc3CCCCCCCCCCCC)cc2C)s1. The van der Waals surface area contributed by atoms with Crippen molar-refractivity contribution in [3.05, 3.63) is 57.8 Å². The molecule has 0 radical (unpaired) electrons. The first kappa shape index (κ1) is 36.6. The van der Waals surface area contributed by atoms with E-state index in [4.69, 9.17) is 0 Å². The molecule has 4 rings (SSSR count). The summed E-state index contributed by atoms with van der Waals surface area (Å²) in [5, 5.41) is 4.62. The number of aryl methyl sites for hydroxylation is 3. The van der Waals surface area contributed by atoms with Gasteiger partial charge in [-0.3, -0.25) is 0 Å². The van der Waals surface area contributed by atoms with E-state index in [-0.39, 0.29) is 0 Å². The van der Waals surface area contributed by atoms with Gasteiger partial charge in [-0.25, -0.2) is 0 Å². The highest BCUT2D eigenvalue weighted by atomic mass is 32.1. The molecule has 0 spiro atoms. The molecule has 0 aliphatic carbocycles. The molecule has 45 heavy (non-hydrogen) atoms. The second kappa shape index (κ2) is 21.6. The smallest absolute Gasteiger partial charge is 0.0478 e. The lowest BCUT2D eigenvalue weighted by Gasteiger charge is -2.04. The van der Waals surface area contributed by atoms with E-state index in [2.05, 4.69) is 61.9 Å². The van der Waals surface area contributed by atoms with Crippen LogP contribution in [0.1, 0.15) is 159 Å². The van der Waals surface area contributed by atoms with Crippen LogP contribution in [-0.4, -0.2) is 0 Å². The maximum absolute atomic E-state index is 2.45. The standard InChI is InChI=1S/C41H60S4/c1-4-6-8-10-12-14-16-18-20-22-24-34-28-30-42-40(34)37-27-26-36(44-37)39-33(3)32-38(45-39)41-35(29-31-43-41)25-23-21-19-17-15-13-11-9-7-5-2/h26-32H,4-25H2,1-3H3. The van der Waals surface area contributed by atoms with Crippen molar-refractivity contribution in [2.75, 3.05) is 0 Å². The second-order valence-corrected chi connectivity index (χ2v) is 17.2. The number of hydrogen-bond donors (Lipinski definition) is 0. The van der Waals surface area contributed by atoms with Gasteiger partial charge in [-0.1, -0.05) is 129 Å². The Morgan fingerprint density at radius 3 is 1.29 bits per heavy atom. The molecular weight excluding hydrogens is 621 g/mol. The topological polar surface area (TPSA) is 0 Å². The average Bonchev–Trinajstić information content (AvgIpc) is 3.86. The predicted molar refractivity (Wildman–Crippen MR) is 210 cm³/mol. The van der Waals surface area contributed by atoms with E-state index in [1.54, 1.807) is 11.1 Å². The third-order valence-corrected chi connectivity index (χ3v) is 14.1. The maximum Gasteiger partial charge on any atom is 0.0478 e. The first-order valence-corrected chi connectivity index (χ1v) is 21.9. The molecule has 4 heterocycles. The van der Waals surface area contributed by atoms with Crippen LogP contribution in [0.4, 0.5) is 0 Å². The molecule has 0 amide bonds. The third-order valence-electron chi connectivity index (χ3n) is 9.29. The molecular formula is C41H60S4. The summed E-state index contributed by atoms with van der Waals surface area (Å²) in [6.07, 6.45) is 30.5. The van der Waals surface area contributed by atoms with Crippen LogP contribution in [-0.2, 0) is 12.8 Å². The van der Waals surface area contributed by atoms with E-state index >= 15 is 0 Å². The molecule has 0 aliphatic rings. The zero-order valence-electron chi connectivity index (χ0n) is 28.7. The van der Waals surface area contributed by atoms with Crippen LogP contribution in [0.2, 0.25) is 0 Å². The van der Waals surface area contributed by atoms with Crippen molar-refractivity contribution < 1.29 is 0 Å². The molecule has 4 aromatic heterocycles. The Hall–Kier alpha value is -1.20. The van der Waals surface area contributed by atoms with Crippen LogP contribution in [0.25, 0.3) is 29.3 Å². The maximum atomic E-state index is 2.45. The summed E-state index contributed by atoms with van der Waals surface area (Å²) in [6, 6.07) is 12.0. The fraction of sp³-hybridized carbons (Fsp3) is 0.610. The predicted octanol–water partition coefficient (Wildman–Crippen LogP) is 16.2. The number of hydrogen-bond acceptors (Lipinski definition) is 4. The Balaban J connectivity index is 1.23. The molecule has 0 saturated heterocycles. The van der Waals surface area contributed by atoms with Gasteiger partial charge in [0.15, 0.2) is 0 Å². The van der Waals surface area contributed by atoms with Crippen molar-refractivity contribution in [2.24, 2.45) is 0 Å². The number of thiophene rings is 4. The highest BCUT2D eigenvalue weighted by molar-refractivity contribution is 7.28. The van der Waals surface area contributed by atoms with Crippen molar-refractivity contribution in [1.29, 1.82) is 0 Å². The van der Waals surface area contributed by atoms with E-state index in [1.165, 1.54) is 176 Å². The van der Waals surface area contributed by atoms with Gasteiger partial charge in [0, 0.05) is 29.3 Å². The highest BCUT2D eigenvalue weighted by Crippen LogP contribution is 2.46. The van der Waals surface area contributed by atoms with Gasteiger partial charge < -0.3 is 0 Å². The molecule has 4 heteroatoms. The molecule has 0 bridgehead atoms. The Bertz CT molecular complexity index is 1310. The lowest BCUT2D eigenvalue weighted by molar-refractivity contribution is 0.556. The lowest BCUT2D eigenvalue weighted by Crippen LogP contribution is -1.86. The van der Waals surface area contributed by atoms with E-state index in [0.29, 0.717) is 0 Å². The van der Waals surface area contributed by atoms with Gasteiger partial charge in [-0.2, -0.15) is 0 Å². The summed E-state index contributed by atoms with van der Waals surface area (Å²) in [5.74, 6) is 0. The summed E-state index contributed by atoms with van der Waals surface area (Å²) in [4.78, 5) is 8.84. The van der Waals surface area contributed by atoms with Gasteiger partial charge >= 0.3 is 0 Å². The molecule has 0 nitrogen and oxygen atoms in total. The summed E-state index contributed by atoms with van der Waals surface area (Å²) in [5.41, 5.74) is 4.56. The Morgan fingerprint density at radius 2 is 0.822 bits per heavy atom. The van der Waals surface area contributed by atoms with Gasteiger partial charge in [-0.05, 0) is 90.4 Å². The molecule has 248 valence electrons. The zero-order chi connectivity index (χ0) is 31.5. The molecule has 0 fully saturated rings. The van der Waals surface area contributed by atoms with Crippen molar-refractivity contribution in [1.82, 2.24) is 0 Å². The summed E-state index contributed by atoms with van der Waals surface area (Å²) in [7, 11) is 0. The third kappa shape index (κ3) is 12.4. The fourth-order valence-corrected chi connectivity index (χ4v) is 11.1. The normalized spacial score (nSPS) is 11.6. The van der Waals surface area contributed by atoms with Gasteiger partial charge in [0.2, 0.25) is 0 Å². The minimum Gasteiger partial charge on any atom is -0.143 e. The Kier molecular flexibility index (Phi) is 17.6. The molecule has 4 aromatic rings. The van der Waals surface area contributed by atoms with E-state index in [9.17, 15) is 0 Å². The van der Waals surface area contributed by atoms with E-state index in [1.807, 2.05) is 45.3 Å². The Morgan fingerprint density at radius 1 is 0.422 bits per heavy atom. The molecule has 0 aromatic carbocycles. The van der Waals surface area contributed by atoms with Crippen LogP contribution >= 0.6 is 45.3 Å². The molecule has 0 N–H and O–H groups in total. The summed E-state index contributed by atoms with van der Waals surface area (Å²) in [6.45, 7) is 6.92. The molecule has 0 atom stereocenters. The zero-order valence-corrected chi connectivity index (χ0v) is 32.0. The monoisotopic (exact) mass is 680 g/mol. The van der Waals surface area contributed by atoms with Crippen LogP contribution < -0.4 is 0 Å². The first-order valence-electron chi connectivity index (χ1n) is 18.5. The van der Waals surface area contributed by atoms with Crippen LogP contribution in [0.15, 0.2) is 41.1 Å². The highest BCUT2D eigenvalue weighted by Gasteiger charge is 2.17. The van der Waals surface area contributed by atoms with Crippen molar-refractivity contribution >= 4 is 45.3 Å². The van der Waals surface area contributed by atoms with Crippen molar-refractivity contribution in [3.8, 4) is 29.3 Å². The summed E-state index contributed by atoms with van der Waals surface area (Å²) < 4.78 is 0. The van der Waals surface area contributed by atoms with Gasteiger partial charge in [0.05, 0.1) is 0 Å². The van der Waals surface area contributed by atoms with Gasteiger partial charge in [0.25, 0.3) is 0 Å². The largest absolute Gasteiger partial charge is 0.143 e.